The lowest BCUT2D eigenvalue weighted by molar-refractivity contribution is -0.141. The second-order valence-electron chi connectivity index (χ2n) is 4.23. The third-order valence-electron chi connectivity index (χ3n) is 2.68. The first-order valence-electron chi connectivity index (χ1n) is 5.50. The Hall–Kier alpha value is -1.84. The van der Waals surface area contributed by atoms with Gasteiger partial charge in [-0.1, -0.05) is 29.8 Å². The van der Waals surface area contributed by atoms with E-state index in [4.69, 9.17) is 0 Å². The summed E-state index contributed by atoms with van der Waals surface area (Å²) in [6.07, 6.45) is -4.41. The van der Waals surface area contributed by atoms with Crippen molar-refractivity contribution in [1.29, 1.82) is 0 Å². The quantitative estimate of drug-likeness (QED) is 0.732. The number of halogens is 3. The molecule has 18 heavy (non-hydrogen) atoms. The van der Waals surface area contributed by atoms with E-state index in [0.717, 1.165) is 17.2 Å². The number of nitrogens with zero attached hydrogens (tertiary/aromatic N) is 1. The van der Waals surface area contributed by atoms with Gasteiger partial charge >= 0.3 is 6.18 Å². The molecular formula is C14H12F3N. The van der Waals surface area contributed by atoms with Gasteiger partial charge in [-0.05, 0) is 31.5 Å². The van der Waals surface area contributed by atoms with Crippen molar-refractivity contribution in [2.75, 3.05) is 0 Å². The predicted molar refractivity (Wildman–Crippen MR) is 64.1 cm³/mol. The Balaban J connectivity index is 2.57. The Bertz CT molecular complexity index is 573. The molecule has 1 aromatic carbocycles. The molecule has 0 amide bonds. The minimum absolute atomic E-state index is 0.383. The summed E-state index contributed by atoms with van der Waals surface area (Å²) in [7, 11) is 0. The van der Waals surface area contributed by atoms with Gasteiger partial charge in [0, 0.05) is 5.56 Å². The molecule has 0 saturated carbocycles. The van der Waals surface area contributed by atoms with Crippen LogP contribution >= 0.6 is 0 Å². The fraction of sp³-hybridized carbons (Fsp3) is 0.214. The molecule has 0 aliphatic rings. The zero-order valence-electron chi connectivity index (χ0n) is 10.0. The van der Waals surface area contributed by atoms with Crippen LogP contribution in [0.4, 0.5) is 13.2 Å². The van der Waals surface area contributed by atoms with Crippen LogP contribution in [0.2, 0.25) is 0 Å². The number of pyridine rings is 1. The van der Waals surface area contributed by atoms with Crippen LogP contribution in [0.5, 0.6) is 0 Å². The predicted octanol–water partition coefficient (Wildman–Crippen LogP) is 4.38. The summed E-state index contributed by atoms with van der Waals surface area (Å²) >= 11 is 0. The smallest absolute Gasteiger partial charge is 0.243 e. The van der Waals surface area contributed by atoms with Gasteiger partial charge in [0.15, 0.2) is 0 Å². The molecular weight excluding hydrogens is 239 g/mol. The normalized spacial score (nSPS) is 11.6. The third-order valence-corrected chi connectivity index (χ3v) is 2.68. The van der Waals surface area contributed by atoms with Crippen molar-refractivity contribution in [3.8, 4) is 11.3 Å². The van der Waals surface area contributed by atoms with Crippen LogP contribution in [0.15, 0.2) is 36.4 Å². The van der Waals surface area contributed by atoms with Crippen molar-refractivity contribution in [3.05, 3.63) is 53.2 Å². The Morgan fingerprint density at radius 2 is 1.72 bits per heavy atom. The SMILES string of the molecule is Cc1cccc(-c2nc(C(F)(F)F)ccc2C)c1. The maximum atomic E-state index is 12.6. The highest BCUT2D eigenvalue weighted by molar-refractivity contribution is 5.63. The summed E-state index contributed by atoms with van der Waals surface area (Å²) in [6, 6.07) is 9.76. The van der Waals surface area contributed by atoms with Gasteiger partial charge in [0.25, 0.3) is 0 Å². The highest BCUT2D eigenvalue weighted by atomic mass is 19.4. The molecule has 0 N–H and O–H groups in total. The third kappa shape index (κ3) is 2.53. The van der Waals surface area contributed by atoms with Gasteiger partial charge in [-0.15, -0.1) is 0 Å². The van der Waals surface area contributed by atoms with Gasteiger partial charge in [0.05, 0.1) is 5.69 Å². The van der Waals surface area contributed by atoms with Crippen molar-refractivity contribution < 1.29 is 13.2 Å². The van der Waals surface area contributed by atoms with E-state index >= 15 is 0 Å². The van der Waals surface area contributed by atoms with E-state index in [2.05, 4.69) is 4.98 Å². The molecule has 0 bridgehead atoms. The number of aromatic nitrogens is 1. The van der Waals surface area contributed by atoms with Gasteiger partial charge in [-0.2, -0.15) is 13.2 Å². The van der Waals surface area contributed by atoms with Crippen LogP contribution in [-0.4, -0.2) is 4.98 Å². The molecule has 0 radical (unpaired) electrons. The summed E-state index contributed by atoms with van der Waals surface area (Å²) in [5.74, 6) is 0. The number of rotatable bonds is 1. The van der Waals surface area contributed by atoms with E-state index in [1.807, 2.05) is 25.1 Å². The van der Waals surface area contributed by atoms with E-state index in [9.17, 15) is 13.2 Å². The molecule has 1 nitrogen and oxygen atoms in total. The van der Waals surface area contributed by atoms with E-state index < -0.39 is 11.9 Å². The largest absolute Gasteiger partial charge is 0.433 e. The first kappa shape index (κ1) is 12.6. The van der Waals surface area contributed by atoms with E-state index in [1.54, 1.807) is 13.0 Å². The van der Waals surface area contributed by atoms with Crippen molar-refractivity contribution in [2.45, 2.75) is 20.0 Å². The highest BCUT2D eigenvalue weighted by Gasteiger charge is 2.32. The number of alkyl halides is 3. The standard InChI is InChI=1S/C14H12F3N/c1-9-4-3-5-11(8-9)13-10(2)6-7-12(18-13)14(15,16)17/h3-8H,1-2H3. The average molecular weight is 251 g/mol. The molecule has 0 unspecified atom stereocenters. The second kappa shape index (κ2) is 4.44. The van der Waals surface area contributed by atoms with E-state index in [1.165, 1.54) is 6.07 Å². The van der Waals surface area contributed by atoms with Crippen molar-refractivity contribution >= 4 is 0 Å². The van der Waals surface area contributed by atoms with Gasteiger partial charge < -0.3 is 0 Å². The Morgan fingerprint density at radius 3 is 2.33 bits per heavy atom. The Morgan fingerprint density at radius 1 is 1.00 bits per heavy atom. The van der Waals surface area contributed by atoms with Crippen LogP contribution < -0.4 is 0 Å². The summed E-state index contributed by atoms with van der Waals surface area (Å²) in [4.78, 5) is 3.73. The van der Waals surface area contributed by atoms with Crippen LogP contribution in [0, 0.1) is 13.8 Å². The monoisotopic (exact) mass is 251 g/mol. The topological polar surface area (TPSA) is 12.9 Å². The summed E-state index contributed by atoms with van der Waals surface area (Å²) in [5, 5.41) is 0. The Labute approximate surface area is 103 Å². The summed E-state index contributed by atoms with van der Waals surface area (Å²) in [6.45, 7) is 3.65. The molecule has 0 aliphatic carbocycles. The van der Waals surface area contributed by atoms with Gasteiger partial charge in [-0.3, -0.25) is 0 Å². The molecule has 4 heteroatoms. The summed E-state index contributed by atoms with van der Waals surface area (Å²) < 4.78 is 37.9. The molecule has 2 rings (SSSR count). The first-order valence-corrected chi connectivity index (χ1v) is 5.50. The number of hydrogen-bond acceptors (Lipinski definition) is 1. The summed E-state index contributed by atoms with van der Waals surface area (Å²) in [5.41, 5.74) is 1.96. The molecule has 94 valence electrons. The van der Waals surface area contributed by atoms with Gasteiger partial charge in [0.1, 0.15) is 5.69 Å². The van der Waals surface area contributed by atoms with E-state index in [0.29, 0.717) is 11.3 Å². The molecule has 1 heterocycles. The molecule has 0 saturated heterocycles. The lowest BCUT2D eigenvalue weighted by Crippen LogP contribution is -2.08. The molecule has 0 fully saturated rings. The molecule has 0 aliphatic heterocycles. The lowest BCUT2D eigenvalue weighted by atomic mass is 10.0. The van der Waals surface area contributed by atoms with Crippen LogP contribution in [0.25, 0.3) is 11.3 Å². The van der Waals surface area contributed by atoms with Crippen molar-refractivity contribution in [3.63, 3.8) is 0 Å². The van der Waals surface area contributed by atoms with Gasteiger partial charge in [0.2, 0.25) is 0 Å². The molecule has 2 aromatic rings. The zero-order valence-corrected chi connectivity index (χ0v) is 10.0. The maximum Gasteiger partial charge on any atom is 0.433 e. The van der Waals surface area contributed by atoms with Crippen LogP contribution in [0.3, 0.4) is 0 Å². The van der Waals surface area contributed by atoms with Crippen LogP contribution in [0.1, 0.15) is 16.8 Å². The maximum absolute atomic E-state index is 12.6. The number of aryl methyl sites for hydroxylation is 2. The van der Waals surface area contributed by atoms with Crippen LogP contribution in [-0.2, 0) is 6.18 Å². The molecule has 0 spiro atoms. The minimum atomic E-state index is -4.41. The van der Waals surface area contributed by atoms with Crippen molar-refractivity contribution in [1.82, 2.24) is 4.98 Å². The fourth-order valence-electron chi connectivity index (χ4n) is 1.77. The lowest BCUT2D eigenvalue weighted by Gasteiger charge is -2.10. The molecule has 0 atom stereocenters. The van der Waals surface area contributed by atoms with Gasteiger partial charge in [-0.25, -0.2) is 4.98 Å². The first-order chi connectivity index (χ1) is 8.38. The van der Waals surface area contributed by atoms with E-state index in [-0.39, 0.29) is 0 Å². The van der Waals surface area contributed by atoms with Crippen molar-refractivity contribution in [2.24, 2.45) is 0 Å². The highest BCUT2D eigenvalue weighted by Crippen LogP contribution is 2.31. The average Bonchev–Trinajstić information content (AvgIpc) is 2.28. The zero-order chi connectivity index (χ0) is 13.3. The Kier molecular flexibility index (Phi) is 3.11. The second-order valence-corrected chi connectivity index (χ2v) is 4.23. The number of hydrogen-bond donors (Lipinski definition) is 0. The minimum Gasteiger partial charge on any atom is -0.243 e. The number of benzene rings is 1. The molecule has 1 aromatic heterocycles. The fourth-order valence-corrected chi connectivity index (χ4v) is 1.77.